The molecule has 0 amide bonds. The monoisotopic (exact) mass is 298 g/mol. The number of ether oxygens (including phenoxy) is 1. The van der Waals surface area contributed by atoms with Crippen molar-refractivity contribution >= 4 is 10.0 Å². The van der Waals surface area contributed by atoms with Crippen molar-refractivity contribution in [2.75, 3.05) is 19.8 Å². The first kappa shape index (κ1) is 15.0. The molecule has 0 saturated carbocycles. The van der Waals surface area contributed by atoms with E-state index in [9.17, 15) is 8.42 Å². The normalized spacial score (nSPS) is 22.4. The molecule has 0 radical (unpaired) electrons. The van der Waals surface area contributed by atoms with Crippen molar-refractivity contribution in [3.63, 3.8) is 0 Å². The van der Waals surface area contributed by atoms with Crippen LogP contribution in [0.5, 0.6) is 0 Å². The first-order chi connectivity index (χ1) is 9.50. The van der Waals surface area contributed by atoms with Crippen molar-refractivity contribution in [1.29, 1.82) is 5.26 Å². The average molecular weight is 298 g/mol. The smallest absolute Gasteiger partial charge is 0.263 e. The van der Waals surface area contributed by atoms with E-state index in [-0.39, 0.29) is 24.2 Å². The molecule has 2 atom stereocenters. The third-order valence-corrected chi connectivity index (χ3v) is 5.27. The lowest BCUT2D eigenvalue weighted by molar-refractivity contribution is 0.0510. The van der Waals surface area contributed by atoms with Gasteiger partial charge in [-0.05, 0) is 13.3 Å². The molecule has 2 heterocycles. The van der Waals surface area contributed by atoms with Crippen LogP contribution in [-0.2, 0) is 14.8 Å². The highest BCUT2D eigenvalue weighted by molar-refractivity contribution is 7.89. The van der Waals surface area contributed by atoms with Crippen molar-refractivity contribution in [2.24, 2.45) is 0 Å². The molecule has 2 rings (SSSR count). The summed E-state index contributed by atoms with van der Waals surface area (Å²) in [7, 11) is -3.75. The Morgan fingerprint density at radius 2 is 2.40 bits per heavy atom. The SMILES string of the molecule is CC[C@@H](C)n1cnc(S(=O)(=O)N2CCOC[C@H]2C#N)c1. The second-order valence-electron chi connectivity index (χ2n) is 4.75. The van der Waals surface area contributed by atoms with Crippen LogP contribution in [0.1, 0.15) is 26.3 Å². The topological polar surface area (TPSA) is 88.2 Å². The van der Waals surface area contributed by atoms with E-state index in [1.54, 1.807) is 4.57 Å². The van der Waals surface area contributed by atoms with Crippen LogP contribution in [-0.4, -0.2) is 48.1 Å². The van der Waals surface area contributed by atoms with Gasteiger partial charge in [-0.1, -0.05) is 6.92 Å². The minimum atomic E-state index is -3.75. The molecular weight excluding hydrogens is 280 g/mol. The quantitative estimate of drug-likeness (QED) is 0.819. The van der Waals surface area contributed by atoms with Crippen LogP contribution >= 0.6 is 0 Å². The lowest BCUT2D eigenvalue weighted by atomic mass is 10.3. The van der Waals surface area contributed by atoms with Gasteiger partial charge in [-0.25, -0.2) is 13.4 Å². The summed E-state index contributed by atoms with van der Waals surface area (Å²) in [4.78, 5) is 3.98. The summed E-state index contributed by atoms with van der Waals surface area (Å²) in [6.45, 7) is 4.58. The Hall–Kier alpha value is -1.43. The summed E-state index contributed by atoms with van der Waals surface area (Å²) in [5.41, 5.74) is 0. The van der Waals surface area contributed by atoms with E-state index < -0.39 is 16.1 Å². The van der Waals surface area contributed by atoms with Crippen LogP contribution in [0.15, 0.2) is 17.6 Å². The Balaban J connectivity index is 2.30. The molecule has 0 aromatic carbocycles. The Bertz CT molecular complexity index is 604. The number of rotatable bonds is 4. The second kappa shape index (κ2) is 5.91. The molecular formula is C12H18N4O3S. The molecule has 1 aliphatic heterocycles. The molecule has 1 fully saturated rings. The second-order valence-corrected chi connectivity index (χ2v) is 6.59. The lowest BCUT2D eigenvalue weighted by Crippen LogP contribution is -2.47. The van der Waals surface area contributed by atoms with Gasteiger partial charge in [0.2, 0.25) is 0 Å². The third kappa shape index (κ3) is 2.70. The first-order valence-electron chi connectivity index (χ1n) is 6.53. The number of aromatic nitrogens is 2. The van der Waals surface area contributed by atoms with Gasteiger partial charge in [0.1, 0.15) is 6.04 Å². The number of imidazole rings is 1. The predicted octanol–water partition coefficient (Wildman–Crippen LogP) is 0.767. The van der Waals surface area contributed by atoms with Gasteiger partial charge >= 0.3 is 0 Å². The number of hydrogen-bond acceptors (Lipinski definition) is 5. The Morgan fingerprint density at radius 3 is 3.05 bits per heavy atom. The van der Waals surface area contributed by atoms with Crippen LogP contribution in [0.25, 0.3) is 0 Å². The number of nitrogens with zero attached hydrogens (tertiary/aromatic N) is 4. The summed E-state index contributed by atoms with van der Waals surface area (Å²) in [5, 5.41) is 9.03. The van der Waals surface area contributed by atoms with Crippen molar-refractivity contribution in [2.45, 2.75) is 37.4 Å². The highest BCUT2D eigenvalue weighted by Crippen LogP contribution is 2.20. The Morgan fingerprint density at radius 1 is 1.65 bits per heavy atom. The summed E-state index contributed by atoms with van der Waals surface area (Å²) in [6.07, 6.45) is 3.92. The van der Waals surface area contributed by atoms with Crippen molar-refractivity contribution in [3.8, 4) is 6.07 Å². The fourth-order valence-electron chi connectivity index (χ4n) is 2.00. The maximum Gasteiger partial charge on any atom is 0.263 e. The van der Waals surface area contributed by atoms with E-state index in [1.165, 1.54) is 16.8 Å². The van der Waals surface area contributed by atoms with E-state index in [2.05, 4.69) is 4.98 Å². The minimum absolute atomic E-state index is 0.0139. The van der Waals surface area contributed by atoms with E-state index in [0.717, 1.165) is 6.42 Å². The van der Waals surface area contributed by atoms with E-state index in [0.29, 0.717) is 6.61 Å². The molecule has 7 nitrogen and oxygen atoms in total. The van der Waals surface area contributed by atoms with Crippen molar-refractivity contribution < 1.29 is 13.2 Å². The molecule has 0 unspecified atom stereocenters. The molecule has 0 spiro atoms. The maximum absolute atomic E-state index is 12.5. The zero-order valence-corrected chi connectivity index (χ0v) is 12.4. The molecule has 8 heteroatoms. The number of sulfonamides is 1. The Labute approximate surface area is 118 Å². The third-order valence-electron chi connectivity index (χ3n) is 3.48. The highest BCUT2D eigenvalue weighted by atomic mass is 32.2. The summed E-state index contributed by atoms with van der Waals surface area (Å²) < 4.78 is 33.1. The summed E-state index contributed by atoms with van der Waals surface area (Å²) in [5.74, 6) is 0. The van der Waals surface area contributed by atoms with Crippen molar-refractivity contribution in [1.82, 2.24) is 13.9 Å². The van der Waals surface area contributed by atoms with E-state index in [4.69, 9.17) is 10.00 Å². The zero-order valence-electron chi connectivity index (χ0n) is 11.6. The van der Waals surface area contributed by atoms with E-state index in [1.807, 2.05) is 19.9 Å². The predicted molar refractivity (Wildman–Crippen MR) is 71.3 cm³/mol. The number of nitriles is 1. The molecule has 0 aliphatic carbocycles. The lowest BCUT2D eigenvalue weighted by Gasteiger charge is -2.29. The van der Waals surface area contributed by atoms with Gasteiger partial charge in [0.25, 0.3) is 10.0 Å². The molecule has 1 saturated heterocycles. The molecule has 1 aromatic heterocycles. The van der Waals surface area contributed by atoms with Crippen LogP contribution in [0.2, 0.25) is 0 Å². The van der Waals surface area contributed by atoms with Crippen LogP contribution in [0.4, 0.5) is 0 Å². The fourth-order valence-corrected chi connectivity index (χ4v) is 3.43. The van der Waals surface area contributed by atoms with Gasteiger partial charge in [0.05, 0.1) is 25.6 Å². The standard InChI is InChI=1S/C12H18N4O3S/c1-3-10(2)15-7-12(14-9-15)20(17,18)16-4-5-19-8-11(16)6-13/h7,9-11H,3-5,8H2,1-2H3/t10-,11-/m1/s1. The number of morpholine rings is 1. The molecule has 0 bridgehead atoms. The molecule has 110 valence electrons. The van der Waals surface area contributed by atoms with Crippen LogP contribution < -0.4 is 0 Å². The van der Waals surface area contributed by atoms with Gasteiger partial charge in [-0.2, -0.15) is 9.57 Å². The maximum atomic E-state index is 12.5. The molecule has 0 N–H and O–H groups in total. The molecule has 1 aliphatic rings. The van der Waals surface area contributed by atoms with Gasteiger partial charge in [-0.15, -0.1) is 0 Å². The van der Waals surface area contributed by atoms with Gasteiger partial charge in [-0.3, -0.25) is 0 Å². The zero-order chi connectivity index (χ0) is 14.8. The number of hydrogen-bond donors (Lipinski definition) is 0. The van der Waals surface area contributed by atoms with Gasteiger partial charge in [0.15, 0.2) is 5.03 Å². The fraction of sp³-hybridized carbons (Fsp3) is 0.667. The van der Waals surface area contributed by atoms with Gasteiger partial charge in [0, 0.05) is 18.8 Å². The van der Waals surface area contributed by atoms with Crippen LogP contribution in [0.3, 0.4) is 0 Å². The van der Waals surface area contributed by atoms with Crippen LogP contribution in [0, 0.1) is 11.3 Å². The first-order valence-corrected chi connectivity index (χ1v) is 7.97. The Kier molecular flexibility index (Phi) is 4.42. The molecule has 20 heavy (non-hydrogen) atoms. The van der Waals surface area contributed by atoms with Gasteiger partial charge < -0.3 is 9.30 Å². The highest BCUT2D eigenvalue weighted by Gasteiger charge is 2.35. The van der Waals surface area contributed by atoms with E-state index >= 15 is 0 Å². The molecule has 1 aromatic rings. The minimum Gasteiger partial charge on any atom is -0.377 e. The summed E-state index contributed by atoms with van der Waals surface area (Å²) in [6, 6.07) is 1.35. The summed E-state index contributed by atoms with van der Waals surface area (Å²) >= 11 is 0. The largest absolute Gasteiger partial charge is 0.377 e. The average Bonchev–Trinajstić information content (AvgIpc) is 2.97. The van der Waals surface area contributed by atoms with Crippen molar-refractivity contribution in [3.05, 3.63) is 12.5 Å².